The molecule has 160 valence electrons. The van der Waals surface area contributed by atoms with E-state index in [1.54, 1.807) is 30.2 Å². The zero-order chi connectivity index (χ0) is 22.0. The standard InChI is InChI=1S/C22H24N6O3/c1-25-20-17(21(30)26(2)22(25)31)13-18(28(20)14-16-7-4-3-5-8-16)19(29)24-9-6-11-27-12-10-23-15-27/h3-5,7-8,10,12-13,15,17H,6,9,11,14H2,1-2H3/p+1. The summed E-state index contributed by atoms with van der Waals surface area (Å²) in [6.07, 6.45) is 7.73. The third-order valence-electron chi connectivity index (χ3n) is 5.54. The molecule has 1 atom stereocenters. The van der Waals surface area contributed by atoms with Gasteiger partial charge >= 0.3 is 6.03 Å². The van der Waals surface area contributed by atoms with Gasteiger partial charge in [-0.3, -0.25) is 9.59 Å². The Morgan fingerprint density at radius 2 is 1.94 bits per heavy atom. The lowest BCUT2D eigenvalue weighted by Gasteiger charge is -2.27. The van der Waals surface area contributed by atoms with Crippen LogP contribution in [-0.2, 0) is 22.7 Å². The van der Waals surface area contributed by atoms with Gasteiger partial charge in [0.05, 0.1) is 13.4 Å². The number of nitrogens with one attached hydrogen (secondary N) is 1. The maximum atomic E-state index is 13.0. The number of rotatable bonds is 7. The first-order valence-corrected chi connectivity index (χ1v) is 10.2. The van der Waals surface area contributed by atoms with Crippen molar-refractivity contribution in [3.63, 3.8) is 0 Å². The SMILES string of the molecule is CN1C(=O)C2C=C(C(=O)NCCCn3ccnc3)[N+](Cc3ccccc3)=C2N(C)C1=O. The van der Waals surface area contributed by atoms with Gasteiger partial charge in [0.1, 0.15) is 6.54 Å². The highest BCUT2D eigenvalue weighted by Crippen LogP contribution is 2.27. The Morgan fingerprint density at radius 3 is 2.65 bits per heavy atom. The van der Waals surface area contributed by atoms with Crippen LogP contribution in [-0.4, -0.2) is 68.2 Å². The van der Waals surface area contributed by atoms with Crippen molar-refractivity contribution in [2.45, 2.75) is 19.5 Å². The maximum Gasteiger partial charge on any atom is 0.417 e. The maximum absolute atomic E-state index is 13.0. The molecule has 1 unspecified atom stereocenters. The largest absolute Gasteiger partial charge is 0.417 e. The van der Waals surface area contributed by atoms with E-state index < -0.39 is 11.9 Å². The quantitative estimate of drug-likeness (QED) is 0.534. The van der Waals surface area contributed by atoms with E-state index in [4.69, 9.17) is 0 Å². The molecule has 1 N–H and O–H groups in total. The third-order valence-corrected chi connectivity index (χ3v) is 5.54. The summed E-state index contributed by atoms with van der Waals surface area (Å²) < 4.78 is 3.72. The van der Waals surface area contributed by atoms with Gasteiger partial charge in [0.2, 0.25) is 0 Å². The van der Waals surface area contributed by atoms with E-state index in [0.29, 0.717) is 24.6 Å². The number of hydrogen-bond acceptors (Lipinski definition) is 4. The second kappa shape index (κ2) is 8.55. The molecule has 0 aliphatic carbocycles. The average molecular weight is 421 g/mol. The van der Waals surface area contributed by atoms with E-state index in [0.717, 1.165) is 23.4 Å². The number of carbonyl (C=O) groups excluding carboxylic acids is 3. The number of imidazole rings is 1. The monoisotopic (exact) mass is 421 g/mol. The third kappa shape index (κ3) is 3.98. The van der Waals surface area contributed by atoms with Crippen molar-refractivity contribution in [3.05, 3.63) is 66.4 Å². The Balaban J connectivity index is 1.57. The van der Waals surface area contributed by atoms with E-state index in [9.17, 15) is 14.4 Å². The Hall–Kier alpha value is -3.75. The van der Waals surface area contributed by atoms with Gasteiger partial charge in [0.25, 0.3) is 17.6 Å². The number of nitrogens with zero attached hydrogens (tertiary/aromatic N) is 5. The molecule has 1 aromatic heterocycles. The molecule has 4 amide bonds. The fourth-order valence-corrected chi connectivity index (χ4v) is 3.91. The van der Waals surface area contributed by atoms with Crippen molar-refractivity contribution in [3.8, 4) is 0 Å². The fourth-order valence-electron chi connectivity index (χ4n) is 3.91. The molecule has 1 fully saturated rings. The molecule has 0 saturated carbocycles. The van der Waals surface area contributed by atoms with Crippen LogP contribution in [0.2, 0.25) is 0 Å². The van der Waals surface area contributed by atoms with Crippen molar-refractivity contribution in [1.29, 1.82) is 0 Å². The van der Waals surface area contributed by atoms with Crippen LogP contribution in [0.25, 0.3) is 0 Å². The number of fused-ring (bicyclic) bond motifs is 1. The van der Waals surface area contributed by atoms with Gasteiger partial charge in [-0.1, -0.05) is 30.3 Å². The van der Waals surface area contributed by atoms with Crippen molar-refractivity contribution in [2.75, 3.05) is 20.6 Å². The number of amidine groups is 1. The minimum Gasteiger partial charge on any atom is -0.349 e. The predicted octanol–water partition coefficient (Wildman–Crippen LogP) is 1.04. The van der Waals surface area contributed by atoms with E-state index in [2.05, 4.69) is 10.3 Å². The summed E-state index contributed by atoms with van der Waals surface area (Å²) >= 11 is 0. The summed E-state index contributed by atoms with van der Waals surface area (Å²) in [5.41, 5.74) is 1.36. The van der Waals surface area contributed by atoms with Crippen molar-refractivity contribution < 1.29 is 19.0 Å². The van der Waals surface area contributed by atoms with E-state index >= 15 is 0 Å². The highest BCUT2D eigenvalue weighted by molar-refractivity contribution is 6.19. The molecule has 1 aromatic carbocycles. The molecule has 0 spiro atoms. The number of aromatic nitrogens is 2. The number of imide groups is 1. The van der Waals surface area contributed by atoms with Crippen LogP contribution in [0.3, 0.4) is 0 Å². The summed E-state index contributed by atoms with van der Waals surface area (Å²) in [6, 6.07) is 9.25. The molecule has 9 nitrogen and oxygen atoms in total. The van der Waals surface area contributed by atoms with Crippen LogP contribution in [0.15, 0.2) is 60.8 Å². The summed E-state index contributed by atoms with van der Waals surface area (Å²) in [4.78, 5) is 44.9. The molecule has 2 aliphatic heterocycles. The van der Waals surface area contributed by atoms with Crippen molar-refractivity contribution in [2.24, 2.45) is 5.92 Å². The normalized spacial score (nSPS) is 18.4. The average Bonchev–Trinajstić information content (AvgIpc) is 3.43. The Kier molecular flexibility index (Phi) is 5.66. The van der Waals surface area contributed by atoms with Gasteiger partial charge in [-0.2, -0.15) is 4.90 Å². The predicted molar refractivity (Wildman–Crippen MR) is 113 cm³/mol. The first-order chi connectivity index (χ1) is 15.0. The van der Waals surface area contributed by atoms with Crippen LogP contribution in [0.1, 0.15) is 12.0 Å². The van der Waals surface area contributed by atoms with E-state index in [1.807, 2.05) is 41.1 Å². The first kappa shape index (κ1) is 20.5. The molecule has 31 heavy (non-hydrogen) atoms. The number of benzene rings is 1. The molecule has 2 aromatic rings. The Bertz CT molecular complexity index is 1060. The summed E-state index contributed by atoms with van der Waals surface area (Å²) in [6.45, 7) is 1.61. The second-order valence-electron chi connectivity index (χ2n) is 7.61. The van der Waals surface area contributed by atoms with Gasteiger partial charge < -0.3 is 9.88 Å². The lowest BCUT2D eigenvalue weighted by molar-refractivity contribution is -0.490. The number of amides is 4. The molecule has 0 bridgehead atoms. The van der Waals surface area contributed by atoms with Crippen LogP contribution in [0.5, 0.6) is 0 Å². The smallest absolute Gasteiger partial charge is 0.349 e. The van der Waals surface area contributed by atoms with E-state index in [-0.39, 0.29) is 11.8 Å². The van der Waals surface area contributed by atoms with Gasteiger partial charge in [0, 0.05) is 32.5 Å². The molecule has 0 radical (unpaired) electrons. The number of aryl methyl sites for hydroxylation is 1. The summed E-state index contributed by atoms with van der Waals surface area (Å²) in [7, 11) is 3.09. The topological polar surface area (TPSA) is 90.6 Å². The highest BCUT2D eigenvalue weighted by atomic mass is 16.2. The highest BCUT2D eigenvalue weighted by Gasteiger charge is 2.51. The van der Waals surface area contributed by atoms with Crippen LogP contribution >= 0.6 is 0 Å². The second-order valence-corrected chi connectivity index (χ2v) is 7.61. The zero-order valence-corrected chi connectivity index (χ0v) is 17.6. The van der Waals surface area contributed by atoms with Crippen molar-refractivity contribution >= 4 is 23.7 Å². The number of carbonyl (C=O) groups is 3. The molecule has 3 heterocycles. The molecule has 9 heteroatoms. The van der Waals surface area contributed by atoms with Crippen molar-refractivity contribution in [1.82, 2.24) is 24.7 Å². The van der Waals surface area contributed by atoms with Gasteiger partial charge in [-0.25, -0.2) is 19.3 Å². The molecule has 4 rings (SSSR count). The molecular formula is C22H25N6O3+. The van der Waals surface area contributed by atoms with Gasteiger partial charge in [-0.05, 0) is 18.1 Å². The minimum atomic E-state index is -0.664. The number of urea groups is 1. The number of hydrogen-bond donors (Lipinski definition) is 1. The fraction of sp³-hybridized carbons (Fsp3) is 0.318. The van der Waals surface area contributed by atoms with Crippen LogP contribution in [0, 0.1) is 5.92 Å². The lowest BCUT2D eigenvalue weighted by Crippen LogP contribution is -2.57. The summed E-state index contributed by atoms with van der Waals surface area (Å²) in [5.74, 6) is -0.748. The van der Waals surface area contributed by atoms with E-state index in [1.165, 1.54) is 11.9 Å². The Morgan fingerprint density at radius 1 is 1.16 bits per heavy atom. The Labute approximate surface area is 180 Å². The first-order valence-electron chi connectivity index (χ1n) is 10.2. The lowest BCUT2D eigenvalue weighted by atomic mass is 10.0. The zero-order valence-electron chi connectivity index (χ0n) is 17.6. The molecule has 2 aliphatic rings. The van der Waals surface area contributed by atoms with Crippen LogP contribution < -0.4 is 5.32 Å². The minimum absolute atomic E-state index is 0.264. The molecule has 1 saturated heterocycles. The van der Waals surface area contributed by atoms with Gasteiger partial charge in [0.15, 0.2) is 11.6 Å². The van der Waals surface area contributed by atoms with Crippen LogP contribution in [0.4, 0.5) is 4.79 Å². The molecular weight excluding hydrogens is 396 g/mol. The summed E-state index contributed by atoms with van der Waals surface area (Å²) in [5, 5.41) is 2.94. The van der Waals surface area contributed by atoms with Gasteiger partial charge in [-0.15, -0.1) is 0 Å².